The van der Waals surface area contributed by atoms with Crippen molar-refractivity contribution < 1.29 is 26.4 Å². The van der Waals surface area contributed by atoms with E-state index in [-0.39, 0.29) is 26.8 Å². The van der Waals surface area contributed by atoms with Crippen LogP contribution in [0.2, 0.25) is 0 Å². The Hall–Kier alpha value is -2.63. The molecule has 174 valence electrons. The van der Waals surface area contributed by atoms with E-state index in [0.29, 0.717) is 19.6 Å². The number of nitrogens with one attached hydrogen (secondary N) is 2. The zero-order valence-corrected chi connectivity index (χ0v) is 19.6. The molecule has 1 aliphatic rings. The van der Waals surface area contributed by atoms with Crippen molar-refractivity contribution in [3.8, 4) is 5.75 Å². The summed E-state index contributed by atoms with van der Waals surface area (Å²) in [6.45, 7) is 3.11. The monoisotopic (exact) mass is 481 g/mol. The molecular formula is C21H27N3O6S2. The van der Waals surface area contributed by atoms with Crippen molar-refractivity contribution in [1.29, 1.82) is 0 Å². The Labute approximate surface area is 188 Å². The summed E-state index contributed by atoms with van der Waals surface area (Å²) in [6, 6.07) is 9.56. The number of benzene rings is 2. The van der Waals surface area contributed by atoms with E-state index in [1.54, 1.807) is 6.92 Å². The SMILES string of the molecule is CCNC(=O)c1cc(S(=O)(=O)Nc2ccc(S(=O)(=O)N3CCCCC3)cc2)ccc1OC. The predicted octanol–water partition coefficient (Wildman–Crippen LogP) is 2.42. The number of carbonyl (C=O) groups is 1. The Bertz CT molecular complexity index is 1170. The number of rotatable bonds is 8. The first-order valence-electron chi connectivity index (χ1n) is 10.3. The summed E-state index contributed by atoms with van der Waals surface area (Å²) < 4.78 is 60.3. The van der Waals surface area contributed by atoms with E-state index < -0.39 is 26.0 Å². The van der Waals surface area contributed by atoms with Crippen LogP contribution in [0, 0.1) is 0 Å². The van der Waals surface area contributed by atoms with E-state index in [0.717, 1.165) is 19.3 Å². The zero-order chi connectivity index (χ0) is 23.4. The Morgan fingerprint density at radius 1 is 0.969 bits per heavy atom. The number of ether oxygens (including phenoxy) is 1. The Morgan fingerprint density at radius 3 is 2.19 bits per heavy atom. The van der Waals surface area contributed by atoms with E-state index in [4.69, 9.17) is 4.74 Å². The lowest BCUT2D eigenvalue weighted by Crippen LogP contribution is -2.35. The summed E-state index contributed by atoms with van der Waals surface area (Å²) in [5.74, 6) is -0.198. The molecule has 0 atom stereocenters. The van der Waals surface area contributed by atoms with Gasteiger partial charge in [-0.05, 0) is 62.2 Å². The van der Waals surface area contributed by atoms with Gasteiger partial charge in [-0.2, -0.15) is 4.31 Å². The second-order valence-corrected chi connectivity index (χ2v) is 10.9. The van der Waals surface area contributed by atoms with Gasteiger partial charge in [0.2, 0.25) is 10.0 Å². The maximum absolute atomic E-state index is 12.9. The minimum Gasteiger partial charge on any atom is -0.496 e. The van der Waals surface area contributed by atoms with Crippen molar-refractivity contribution in [2.24, 2.45) is 0 Å². The van der Waals surface area contributed by atoms with Crippen molar-refractivity contribution in [1.82, 2.24) is 9.62 Å². The molecule has 0 aliphatic carbocycles. The molecule has 0 saturated carbocycles. The first kappa shape index (κ1) is 24.0. The van der Waals surface area contributed by atoms with Gasteiger partial charge in [-0.1, -0.05) is 6.42 Å². The van der Waals surface area contributed by atoms with Gasteiger partial charge >= 0.3 is 0 Å². The van der Waals surface area contributed by atoms with E-state index in [1.165, 1.54) is 53.9 Å². The lowest BCUT2D eigenvalue weighted by atomic mass is 10.2. The lowest BCUT2D eigenvalue weighted by molar-refractivity contribution is 0.0952. The molecule has 2 aromatic rings. The van der Waals surface area contributed by atoms with E-state index in [1.807, 2.05) is 0 Å². The second kappa shape index (κ2) is 9.88. The fourth-order valence-electron chi connectivity index (χ4n) is 3.45. The topological polar surface area (TPSA) is 122 Å². The number of anilines is 1. The molecular weight excluding hydrogens is 454 g/mol. The van der Waals surface area contributed by atoms with Crippen LogP contribution in [0.1, 0.15) is 36.5 Å². The highest BCUT2D eigenvalue weighted by Crippen LogP contribution is 2.26. The summed E-state index contributed by atoms with van der Waals surface area (Å²) >= 11 is 0. The van der Waals surface area contributed by atoms with Crippen LogP contribution in [0.3, 0.4) is 0 Å². The van der Waals surface area contributed by atoms with Crippen LogP contribution in [-0.4, -0.2) is 53.8 Å². The van der Waals surface area contributed by atoms with E-state index >= 15 is 0 Å². The van der Waals surface area contributed by atoms with Gasteiger partial charge in [-0.25, -0.2) is 16.8 Å². The molecule has 0 aromatic heterocycles. The molecule has 32 heavy (non-hydrogen) atoms. The third kappa shape index (κ3) is 5.22. The van der Waals surface area contributed by atoms with E-state index in [2.05, 4.69) is 10.0 Å². The van der Waals surface area contributed by atoms with E-state index in [9.17, 15) is 21.6 Å². The fourth-order valence-corrected chi connectivity index (χ4v) is 6.05. The van der Waals surface area contributed by atoms with Gasteiger partial charge in [-0.15, -0.1) is 0 Å². The minimum absolute atomic E-state index is 0.0974. The maximum atomic E-state index is 12.9. The lowest BCUT2D eigenvalue weighted by Gasteiger charge is -2.25. The fraction of sp³-hybridized carbons (Fsp3) is 0.381. The highest BCUT2D eigenvalue weighted by molar-refractivity contribution is 7.92. The number of sulfonamides is 2. The van der Waals surface area contributed by atoms with Crippen LogP contribution in [0.4, 0.5) is 5.69 Å². The van der Waals surface area contributed by atoms with Crippen LogP contribution < -0.4 is 14.8 Å². The van der Waals surface area contributed by atoms with Crippen LogP contribution >= 0.6 is 0 Å². The maximum Gasteiger partial charge on any atom is 0.261 e. The van der Waals surface area contributed by atoms with Crippen LogP contribution in [0.5, 0.6) is 5.75 Å². The quantitative estimate of drug-likeness (QED) is 0.597. The van der Waals surface area contributed by atoms with Gasteiger partial charge in [0.15, 0.2) is 0 Å². The molecule has 2 aromatic carbocycles. The highest BCUT2D eigenvalue weighted by atomic mass is 32.2. The Balaban J connectivity index is 1.82. The summed E-state index contributed by atoms with van der Waals surface area (Å²) in [4.78, 5) is 12.3. The number of hydrogen-bond acceptors (Lipinski definition) is 6. The first-order chi connectivity index (χ1) is 15.2. The summed E-state index contributed by atoms with van der Waals surface area (Å²) in [5.41, 5.74) is 0.304. The predicted molar refractivity (Wildman–Crippen MR) is 121 cm³/mol. The van der Waals surface area contributed by atoms with Crippen LogP contribution in [-0.2, 0) is 20.0 Å². The number of amides is 1. The normalized spacial score (nSPS) is 15.2. The third-order valence-corrected chi connectivity index (χ3v) is 8.41. The number of methoxy groups -OCH3 is 1. The minimum atomic E-state index is -4.02. The average molecular weight is 482 g/mol. The van der Waals surface area contributed by atoms with Gasteiger partial charge in [0.1, 0.15) is 5.75 Å². The number of piperidine rings is 1. The highest BCUT2D eigenvalue weighted by Gasteiger charge is 2.26. The molecule has 1 heterocycles. The molecule has 1 aliphatic heterocycles. The smallest absolute Gasteiger partial charge is 0.261 e. The molecule has 0 spiro atoms. The van der Waals surface area contributed by atoms with Crippen LogP contribution in [0.15, 0.2) is 52.3 Å². The zero-order valence-electron chi connectivity index (χ0n) is 18.0. The molecule has 1 fully saturated rings. The molecule has 1 amide bonds. The van der Waals surface area contributed by atoms with Crippen molar-refractivity contribution >= 4 is 31.6 Å². The second-order valence-electron chi connectivity index (χ2n) is 7.32. The number of nitrogens with zero attached hydrogens (tertiary/aromatic N) is 1. The van der Waals surface area contributed by atoms with Crippen molar-refractivity contribution in [3.05, 3.63) is 48.0 Å². The number of carbonyl (C=O) groups excluding carboxylic acids is 1. The van der Waals surface area contributed by atoms with Crippen molar-refractivity contribution in [2.45, 2.75) is 36.0 Å². The number of hydrogen-bond donors (Lipinski definition) is 2. The molecule has 0 unspecified atom stereocenters. The van der Waals surface area contributed by atoms with Crippen molar-refractivity contribution in [3.63, 3.8) is 0 Å². The summed E-state index contributed by atoms with van der Waals surface area (Å²) in [7, 11) is -6.24. The molecule has 0 bridgehead atoms. The molecule has 9 nitrogen and oxygen atoms in total. The Kier molecular flexibility index (Phi) is 7.42. The van der Waals surface area contributed by atoms with Gasteiger partial charge in [-0.3, -0.25) is 9.52 Å². The standard InChI is InChI=1S/C21H27N3O6S2/c1-3-22-21(25)19-15-18(11-12-20(19)30-2)31(26,27)23-16-7-9-17(10-8-16)32(28,29)24-13-5-4-6-14-24/h7-12,15,23H,3-6,13-14H2,1-2H3,(H,22,25). The Morgan fingerprint density at radius 2 is 1.59 bits per heavy atom. The average Bonchev–Trinajstić information content (AvgIpc) is 2.79. The summed E-state index contributed by atoms with van der Waals surface area (Å²) in [5, 5.41) is 2.62. The van der Waals surface area contributed by atoms with Gasteiger partial charge in [0, 0.05) is 25.3 Å². The van der Waals surface area contributed by atoms with Crippen molar-refractivity contribution in [2.75, 3.05) is 31.5 Å². The van der Waals surface area contributed by atoms with Crippen LogP contribution in [0.25, 0.3) is 0 Å². The molecule has 0 radical (unpaired) electrons. The molecule has 2 N–H and O–H groups in total. The van der Waals surface area contributed by atoms with Gasteiger partial charge in [0.05, 0.1) is 22.5 Å². The molecule has 1 saturated heterocycles. The molecule has 11 heteroatoms. The molecule has 3 rings (SSSR count). The summed E-state index contributed by atoms with van der Waals surface area (Å²) in [6.07, 6.45) is 2.67. The third-order valence-electron chi connectivity index (χ3n) is 5.12. The largest absolute Gasteiger partial charge is 0.496 e. The van der Waals surface area contributed by atoms with Gasteiger partial charge in [0.25, 0.3) is 15.9 Å². The van der Waals surface area contributed by atoms with Gasteiger partial charge < -0.3 is 10.1 Å². The first-order valence-corrected chi connectivity index (χ1v) is 13.2.